The summed E-state index contributed by atoms with van der Waals surface area (Å²) in [6.45, 7) is 1.97. The van der Waals surface area contributed by atoms with E-state index in [9.17, 15) is 4.79 Å². The second-order valence-electron chi connectivity index (χ2n) is 5.31. The van der Waals surface area contributed by atoms with Crippen molar-refractivity contribution in [1.82, 2.24) is 5.32 Å². The van der Waals surface area contributed by atoms with Crippen molar-refractivity contribution < 1.29 is 4.79 Å². The van der Waals surface area contributed by atoms with Crippen molar-refractivity contribution in [3.8, 4) is 0 Å². The maximum absolute atomic E-state index is 12.4. The molecule has 1 aliphatic carbocycles. The van der Waals surface area contributed by atoms with Crippen molar-refractivity contribution in [2.45, 2.75) is 32.2 Å². The maximum atomic E-state index is 12.4. The van der Waals surface area contributed by atoms with Gasteiger partial charge in [0.05, 0.1) is 11.6 Å². The third-order valence-corrected chi connectivity index (χ3v) is 4.81. The molecule has 4 heteroatoms. The van der Waals surface area contributed by atoms with E-state index in [0.29, 0.717) is 11.3 Å². The molecular weight excluding hydrogens is 268 g/mol. The van der Waals surface area contributed by atoms with Gasteiger partial charge in [0.25, 0.3) is 5.91 Å². The zero-order valence-electron chi connectivity index (χ0n) is 11.5. The maximum Gasteiger partial charge on any atom is 0.253 e. The molecule has 0 saturated carbocycles. The lowest BCUT2D eigenvalue weighted by Crippen LogP contribution is -2.30. The quantitative estimate of drug-likeness (QED) is 0.831. The standard InChI is InChI=1S/C16H18N2OS/c1-10-5-6-11(13(17)9-10)16(19)18-14-3-2-4-15-12(14)7-8-20-15/h5-9,14H,2-4,17H2,1H3,(H,18,19). The van der Waals surface area contributed by atoms with Gasteiger partial charge in [-0.3, -0.25) is 4.79 Å². The van der Waals surface area contributed by atoms with E-state index in [1.807, 2.05) is 19.1 Å². The average molecular weight is 286 g/mol. The van der Waals surface area contributed by atoms with E-state index in [2.05, 4.69) is 16.8 Å². The highest BCUT2D eigenvalue weighted by atomic mass is 32.1. The summed E-state index contributed by atoms with van der Waals surface area (Å²) in [6, 6.07) is 7.81. The molecule has 1 amide bonds. The summed E-state index contributed by atoms with van der Waals surface area (Å²) in [5.41, 5.74) is 9.40. The van der Waals surface area contributed by atoms with Gasteiger partial charge in [-0.2, -0.15) is 0 Å². The lowest BCUT2D eigenvalue weighted by molar-refractivity contribution is 0.0934. The number of amides is 1. The fourth-order valence-corrected chi connectivity index (χ4v) is 3.75. The normalized spacial score (nSPS) is 17.6. The van der Waals surface area contributed by atoms with Gasteiger partial charge in [0.1, 0.15) is 0 Å². The summed E-state index contributed by atoms with van der Waals surface area (Å²) in [7, 11) is 0. The number of aryl methyl sites for hydroxylation is 2. The molecule has 1 unspecified atom stereocenters. The minimum Gasteiger partial charge on any atom is -0.398 e. The predicted octanol–water partition coefficient (Wildman–Crippen LogP) is 3.45. The molecule has 3 nitrogen and oxygen atoms in total. The first-order valence-corrected chi connectivity index (χ1v) is 7.76. The van der Waals surface area contributed by atoms with Crippen LogP contribution in [0.1, 0.15) is 45.2 Å². The number of hydrogen-bond acceptors (Lipinski definition) is 3. The Hall–Kier alpha value is -1.81. The number of fused-ring (bicyclic) bond motifs is 1. The fourth-order valence-electron chi connectivity index (χ4n) is 2.76. The van der Waals surface area contributed by atoms with Gasteiger partial charge in [-0.1, -0.05) is 6.07 Å². The second kappa shape index (κ2) is 5.29. The van der Waals surface area contributed by atoms with Gasteiger partial charge in [0.2, 0.25) is 0 Å². The summed E-state index contributed by atoms with van der Waals surface area (Å²) in [6.07, 6.45) is 3.26. The molecule has 0 spiro atoms. The molecule has 3 rings (SSSR count). The van der Waals surface area contributed by atoms with Crippen LogP contribution in [0.15, 0.2) is 29.6 Å². The van der Waals surface area contributed by atoms with Gasteiger partial charge in [0.15, 0.2) is 0 Å². The number of rotatable bonds is 2. The highest BCUT2D eigenvalue weighted by Gasteiger charge is 2.23. The molecule has 0 aliphatic heterocycles. The van der Waals surface area contributed by atoms with Crippen LogP contribution in [0.5, 0.6) is 0 Å². The monoisotopic (exact) mass is 286 g/mol. The molecule has 0 fully saturated rings. The van der Waals surface area contributed by atoms with Crippen LogP contribution in [0.25, 0.3) is 0 Å². The van der Waals surface area contributed by atoms with E-state index in [1.54, 1.807) is 17.4 Å². The van der Waals surface area contributed by atoms with E-state index in [1.165, 1.54) is 10.4 Å². The Morgan fingerprint density at radius 2 is 2.25 bits per heavy atom. The first-order valence-electron chi connectivity index (χ1n) is 6.88. The molecule has 20 heavy (non-hydrogen) atoms. The number of nitrogens with two attached hydrogens (primary N) is 1. The smallest absolute Gasteiger partial charge is 0.253 e. The largest absolute Gasteiger partial charge is 0.398 e. The van der Waals surface area contributed by atoms with Crippen molar-refractivity contribution in [2.24, 2.45) is 0 Å². The average Bonchev–Trinajstić information content (AvgIpc) is 2.87. The Morgan fingerprint density at radius 1 is 1.40 bits per heavy atom. The molecule has 0 bridgehead atoms. The van der Waals surface area contributed by atoms with Gasteiger partial charge in [0, 0.05) is 10.6 Å². The minimum absolute atomic E-state index is 0.0773. The number of hydrogen-bond donors (Lipinski definition) is 2. The van der Waals surface area contributed by atoms with Gasteiger partial charge in [-0.05, 0) is 60.9 Å². The Morgan fingerprint density at radius 3 is 3.05 bits per heavy atom. The van der Waals surface area contributed by atoms with E-state index in [0.717, 1.165) is 24.8 Å². The highest BCUT2D eigenvalue weighted by molar-refractivity contribution is 7.10. The van der Waals surface area contributed by atoms with Crippen molar-refractivity contribution in [2.75, 3.05) is 5.73 Å². The minimum atomic E-state index is -0.0773. The van der Waals surface area contributed by atoms with Crippen LogP contribution >= 0.6 is 11.3 Å². The number of nitrogen functional groups attached to an aromatic ring is 1. The van der Waals surface area contributed by atoms with E-state index >= 15 is 0 Å². The van der Waals surface area contributed by atoms with Gasteiger partial charge < -0.3 is 11.1 Å². The number of benzene rings is 1. The molecule has 1 aromatic heterocycles. The number of nitrogens with one attached hydrogen (secondary N) is 1. The van der Waals surface area contributed by atoms with Gasteiger partial charge in [-0.15, -0.1) is 11.3 Å². The Labute approximate surface area is 122 Å². The predicted molar refractivity (Wildman–Crippen MR) is 83.1 cm³/mol. The zero-order chi connectivity index (χ0) is 14.1. The van der Waals surface area contributed by atoms with E-state index < -0.39 is 0 Å². The summed E-state index contributed by atoms with van der Waals surface area (Å²) in [4.78, 5) is 13.8. The lowest BCUT2D eigenvalue weighted by Gasteiger charge is -2.24. The number of thiophene rings is 1. The molecule has 3 N–H and O–H groups in total. The topological polar surface area (TPSA) is 55.1 Å². The summed E-state index contributed by atoms with van der Waals surface area (Å²) >= 11 is 1.78. The summed E-state index contributed by atoms with van der Waals surface area (Å²) in [5.74, 6) is -0.0773. The molecule has 104 valence electrons. The van der Waals surface area contributed by atoms with Crippen LogP contribution in [0.4, 0.5) is 5.69 Å². The third-order valence-electron chi connectivity index (χ3n) is 3.81. The fraction of sp³-hybridized carbons (Fsp3) is 0.312. The molecule has 2 aromatic rings. The van der Waals surface area contributed by atoms with Crippen LogP contribution in [-0.4, -0.2) is 5.91 Å². The lowest BCUT2D eigenvalue weighted by atomic mass is 9.93. The van der Waals surface area contributed by atoms with Crippen LogP contribution in [-0.2, 0) is 6.42 Å². The second-order valence-corrected chi connectivity index (χ2v) is 6.31. The molecule has 1 aromatic carbocycles. The van der Waals surface area contributed by atoms with Crippen LogP contribution in [0.3, 0.4) is 0 Å². The molecule has 1 atom stereocenters. The molecule has 1 heterocycles. The van der Waals surface area contributed by atoms with E-state index in [-0.39, 0.29) is 11.9 Å². The number of carbonyl (C=O) groups is 1. The summed E-state index contributed by atoms with van der Waals surface area (Å²) < 4.78 is 0. The van der Waals surface area contributed by atoms with Crippen LogP contribution in [0, 0.1) is 6.92 Å². The van der Waals surface area contributed by atoms with Crippen molar-refractivity contribution in [3.63, 3.8) is 0 Å². The van der Waals surface area contributed by atoms with Crippen LogP contribution < -0.4 is 11.1 Å². The van der Waals surface area contributed by atoms with Crippen molar-refractivity contribution >= 4 is 22.9 Å². The third kappa shape index (κ3) is 2.43. The zero-order valence-corrected chi connectivity index (χ0v) is 12.3. The summed E-state index contributed by atoms with van der Waals surface area (Å²) in [5, 5.41) is 5.23. The first kappa shape index (κ1) is 13.2. The molecular formula is C16H18N2OS. The molecule has 0 saturated heterocycles. The first-order chi connectivity index (χ1) is 9.65. The Balaban J connectivity index is 1.81. The Kier molecular flexibility index (Phi) is 3.49. The van der Waals surface area contributed by atoms with E-state index in [4.69, 9.17) is 5.73 Å². The van der Waals surface area contributed by atoms with Crippen molar-refractivity contribution in [1.29, 1.82) is 0 Å². The molecule has 1 aliphatic rings. The number of anilines is 1. The SMILES string of the molecule is Cc1ccc(C(=O)NC2CCCc3sccc32)c(N)c1. The Bertz CT molecular complexity index is 648. The molecule has 0 radical (unpaired) electrons. The highest BCUT2D eigenvalue weighted by Crippen LogP contribution is 2.33. The van der Waals surface area contributed by atoms with Gasteiger partial charge in [-0.25, -0.2) is 0 Å². The van der Waals surface area contributed by atoms with Crippen molar-refractivity contribution in [3.05, 3.63) is 51.2 Å². The van der Waals surface area contributed by atoms with Gasteiger partial charge >= 0.3 is 0 Å². The number of carbonyl (C=O) groups excluding carboxylic acids is 1. The van der Waals surface area contributed by atoms with Crippen LogP contribution in [0.2, 0.25) is 0 Å².